The predicted octanol–water partition coefficient (Wildman–Crippen LogP) is 1.30. The van der Waals surface area contributed by atoms with Crippen molar-refractivity contribution < 1.29 is 5.11 Å². The molecule has 0 bridgehead atoms. The van der Waals surface area contributed by atoms with Crippen molar-refractivity contribution in [3.8, 4) is 0 Å². The summed E-state index contributed by atoms with van der Waals surface area (Å²) in [6, 6.07) is 0. The van der Waals surface area contributed by atoms with Crippen LogP contribution in [0.3, 0.4) is 0 Å². The minimum absolute atomic E-state index is 0.164. The Morgan fingerprint density at radius 1 is 1.44 bits per heavy atom. The lowest BCUT2D eigenvalue weighted by atomic mass is 10.1. The molecule has 1 aromatic rings. The molecule has 0 saturated carbocycles. The van der Waals surface area contributed by atoms with Gasteiger partial charge in [-0.3, -0.25) is 9.58 Å². The molecular formula is C11H18ClN3O. The molecule has 16 heavy (non-hydrogen) atoms. The molecular weight excluding hydrogens is 226 g/mol. The third-order valence-electron chi connectivity index (χ3n) is 3.01. The summed E-state index contributed by atoms with van der Waals surface area (Å²) in [7, 11) is 0. The van der Waals surface area contributed by atoms with Crippen molar-refractivity contribution in [1.82, 2.24) is 14.7 Å². The SMILES string of the molecule is CCc1nn(CC)c(CN2CC(O)C2)c1Cl. The Balaban J connectivity index is 2.15. The Bertz CT molecular complexity index is 372. The highest BCUT2D eigenvalue weighted by atomic mass is 35.5. The van der Waals surface area contributed by atoms with Gasteiger partial charge < -0.3 is 5.11 Å². The van der Waals surface area contributed by atoms with E-state index in [0.29, 0.717) is 0 Å². The second-order valence-electron chi connectivity index (χ2n) is 4.22. The maximum absolute atomic E-state index is 9.25. The number of aliphatic hydroxyl groups excluding tert-OH is 1. The van der Waals surface area contributed by atoms with E-state index in [0.717, 1.165) is 49.0 Å². The molecule has 1 saturated heterocycles. The van der Waals surface area contributed by atoms with Crippen molar-refractivity contribution in [2.24, 2.45) is 0 Å². The second-order valence-corrected chi connectivity index (χ2v) is 4.60. The molecule has 0 aromatic carbocycles. The first-order valence-electron chi connectivity index (χ1n) is 5.80. The van der Waals surface area contributed by atoms with Gasteiger partial charge in [-0.2, -0.15) is 5.10 Å². The van der Waals surface area contributed by atoms with Crippen molar-refractivity contribution in [3.63, 3.8) is 0 Å². The smallest absolute Gasteiger partial charge is 0.0863 e. The molecule has 1 aliphatic heterocycles. The van der Waals surface area contributed by atoms with Crippen LogP contribution in [0, 0.1) is 0 Å². The first-order chi connectivity index (χ1) is 7.65. The van der Waals surface area contributed by atoms with E-state index in [1.54, 1.807) is 0 Å². The molecule has 0 amide bonds. The second kappa shape index (κ2) is 4.73. The van der Waals surface area contributed by atoms with Gasteiger partial charge in [0, 0.05) is 26.2 Å². The van der Waals surface area contributed by atoms with E-state index < -0.39 is 0 Å². The Morgan fingerprint density at radius 3 is 2.62 bits per heavy atom. The molecule has 90 valence electrons. The van der Waals surface area contributed by atoms with Gasteiger partial charge in [0.15, 0.2) is 0 Å². The molecule has 4 nitrogen and oxygen atoms in total. The van der Waals surface area contributed by atoms with Crippen LogP contribution in [0.2, 0.25) is 5.02 Å². The number of aliphatic hydroxyl groups is 1. The van der Waals surface area contributed by atoms with E-state index in [4.69, 9.17) is 11.6 Å². The maximum Gasteiger partial charge on any atom is 0.0863 e. The molecule has 2 rings (SSSR count). The van der Waals surface area contributed by atoms with E-state index >= 15 is 0 Å². The number of rotatable bonds is 4. The summed E-state index contributed by atoms with van der Waals surface area (Å²) in [6.45, 7) is 7.24. The van der Waals surface area contributed by atoms with Crippen molar-refractivity contribution in [3.05, 3.63) is 16.4 Å². The number of aromatic nitrogens is 2. The van der Waals surface area contributed by atoms with Gasteiger partial charge in [-0.15, -0.1) is 0 Å². The summed E-state index contributed by atoms with van der Waals surface area (Å²) in [4.78, 5) is 2.18. The molecule has 1 N–H and O–H groups in total. The Labute approximate surface area is 101 Å². The maximum atomic E-state index is 9.25. The summed E-state index contributed by atoms with van der Waals surface area (Å²) in [5.74, 6) is 0. The van der Waals surface area contributed by atoms with Gasteiger partial charge >= 0.3 is 0 Å². The van der Waals surface area contributed by atoms with Gasteiger partial charge in [0.05, 0.1) is 22.5 Å². The van der Waals surface area contributed by atoms with Crippen molar-refractivity contribution in [1.29, 1.82) is 0 Å². The molecule has 1 fully saturated rings. The number of β-amino-alcohol motifs (C(OH)–C–C–N with tert-alkyl or cyclic N) is 1. The average molecular weight is 244 g/mol. The Kier molecular flexibility index (Phi) is 3.52. The van der Waals surface area contributed by atoms with Crippen molar-refractivity contribution >= 4 is 11.6 Å². The fraction of sp³-hybridized carbons (Fsp3) is 0.727. The number of nitrogens with zero attached hydrogens (tertiary/aromatic N) is 3. The summed E-state index contributed by atoms with van der Waals surface area (Å²) in [5.41, 5.74) is 2.05. The zero-order chi connectivity index (χ0) is 11.7. The molecule has 0 unspecified atom stereocenters. The molecule has 5 heteroatoms. The fourth-order valence-corrected chi connectivity index (χ4v) is 2.38. The van der Waals surface area contributed by atoms with Crippen LogP contribution in [-0.4, -0.2) is 39.0 Å². The van der Waals surface area contributed by atoms with Gasteiger partial charge in [0.1, 0.15) is 0 Å². The third kappa shape index (κ3) is 2.10. The van der Waals surface area contributed by atoms with Crippen LogP contribution in [0.15, 0.2) is 0 Å². The minimum Gasteiger partial charge on any atom is -0.390 e. The minimum atomic E-state index is -0.164. The lowest BCUT2D eigenvalue weighted by Gasteiger charge is -2.35. The number of hydrogen-bond acceptors (Lipinski definition) is 3. The highest BCUT2D eigenvalue weighted by Crippen LogP contribution is 2.24. The zero-order valence-electron chi connectivity index (χ0n) is 9.78. The largest absolute Gasteiger partial charge is 0.390 e. The van der Waals surface area contributed by atoms with E-state index in [-0.39, 0.29) is 6.10 Å². The quantitative estimate of drug-likeness (QED) is 0.867. The van der Waals surface area contributed by atoms with Crippen LogP contribution in [-0.2, 0) is 19.5 Å². The Morgan fingerprint density at radius 2 is 2.12 bits per heavy atom. The van der Waals surface area contributed by atoms with Gasteiger partial charge in [-0.1, -0.05) is 18.5 Å². The molecule has 0 aliphatic carbocycles. The van der Waals surface area contributed by atoms with Crippen LogP contribution in [0.1, 0.15) is 25.2 Å². The first-order valence-corrected chi connectivity index (χ1v) is 6.18. The Hall–Kier alpha value is -0.580. The number of halogens is 1. The van der Waals surface area contributed by atoms with Gasteiger partial charge in [0.2, 0.25) is 0 Å². The summed E-state index contributed by atoms with van der Waals surface area (Å²) < 4.78 is 1.96. The van der Waals surface area contributed by atoms with Gasteiger partial charge in [0.25, 0.3) is 0 Å². The predicted molar refractivity (Wildman–Crippen MR) is 63.6 cm³/mol. The highest BCUT2D eigenvalue weighted by molar-refractivity contribution is 6.31. The topological polar surface area (TPSA) is 41.3 Å². The third-order valence-corrected chi connectivity index (χ3v) is 3.44. The van der Waals surface area contributed by atoms with E-state index in [1.165, 1.54) is 0 Å². The molecule has 1 aromatic heterocycles. The van der Waals surface area contributed by atoms with E-state index in [1.807, 2.05) is 4.68 Å². The first kappa shape index (κ1) is 11.9. The number of likely N-dealkylation sites (tertiary alicyclic amines) is 1. The fourth-order valence-electron chi connectivity index (χ4n) is 2.05. The summed E-state index contributed by atoms with van der Waals surface area (Å²) in [5, 5.41) is 14.5. The standard InChI is InChI=1S/C11H18ClN3O/c1-3-9-11(12)10(15(4-2)13-9)7-14-5-8(16)6-14/h8,16H,3-7H2,1-2H3. The number of hydrogen-bond donors (Lipinski definition) is 1. The summed E-state index contributed by atoms with van der Waals surface area (Å²) >= 11 is 6.30. The van der Waals surface area contributed by atoms with Crippen LogP contribution in [0.4, 0.5) is 0 Å². The van der Waals surface area contributed by atoms with Crippen LogP contribution >= 0.6 is 11.6 Å². The van der Waals surface area contributed by atoms with Crippen LogP contribution < -0.4 is 0 Å². The summed E-state index contributed by atoms with van der Waals surface area (Å²) in [6.07, 6.45) is 0.698. The lowest BCUT2D eigenvalue weighted by molar-refractivity contribution is -0.00424. The van der Waals surface area contributed by atoms with E-state index in [2.05, 4.69) is 23.8 Å². The van der Waals surface area contributed by atoms with Crippen molar-refractivity contribution in [2.75, 3.05) is 13.1 Å². The highest BCUT2D eigenvalue weighted by Gasteiger charge is 2.26. The van der Waals surface area contributed by atoms with Crippen LogP contribution in [0.25, 0.3) is 0 Å². The van der Waals surface area contributed by atoms with Gasteiger partial charge in [-0.25, -0.2) is 0 Å². The van der Waals surface area contributed by atoms with Crippen LogP contribution in [0.5, 0.6) is 0 Å². The molecule has 2 heterocycles. The van der Waals surface area contributed by atoms with E-state index in [9.17, 15) is 5.11 Å². The monoisotopic (exact) mass is 243 g/mol. The number of aryl methyl sites for hydroxylation is 2. The molecule has 1 aliphatic rings. The molecule has 0 spiro atoms. The molecule has 0 atom stereocenters. The lowest BCUT2D eigenvalue weighted by Crippen LogP contribution is -2.50. The van der Waals surface area contributed by atoms with Gasteiger partial charge in [-0.05, 0) is 13.3 Å². The molecule has 0 radical (unpaired) electrons. The van der Waals surface area contributed by atoms with Crippen molar-refractivity contribution in [2.45, 2.75) is 39.5 Å². The average Bonchev–Trinajstić information content (AvgIpc) is 2.53. The normalized spacial score (nSPS) is 17.8. The zero-order valence-corrected chi connectivity index (χ0v) is 10.5.